The maximum Gasteiger partial charge on any atom is 0.412 e. The van der Waals surface area contributed by atoms with Crippen LogP contribution in [0.5, 0.6) is 0 Å². The standard InChI is InChI=1S/C24H29NO3/c1-24(2,3)28-23(26)25-18-12-11-17-14-20(16-8-5-4-6-9-16)19-10-7-13-27-22(19)21(17)15-18/h4-6,8-9,11-12,15,19-20,22H,7,10,13-14H2,1-3H3,(H,25,26)/t19-,20+,22-/m0/s1. The Bertz CT molecular complexity index is 841. The third kappa shape index (κ3) is 4.07. The predicted molar refractivity (Wildman–Crippen MR) is 111 cm³/mol. The normalized spacial score (nSPS) is 24.0. The summed E-state index contributed by atoms with van der Waals surface area (Å²) >= 11 is 0. The fraction of sp³-hybridized carbons (Fsp3) is 0.458. The van der Waals surface area contributed by atoms with Gasteiger partial charge in [0.05, 0.1) is 6.10 Å². The largest absolute Gasteiger partial charge is 0.444 e. The zero-order valence-electron chi connectivity index (χ0n) is 16.9. The predicted octanol–water partition coefficient (Wildman–Crippen LogP) is 5.84. The van der Waals surface area contributed by atoms with E-state index in [1.807, 2.05) is 26.8 Å². The summed E-state index contributed by atoms with van der Waals surface area (Å²) < 4.78 is 11.6. The first kappa shape index (κ1) is 19.0. The van der Waals surface area contributed by atoms with Crippen molar-refractivity contribution in [3.8, 4) is 0 Å². The number of ether oxygens (including phenoxy) is 2. The average molecular weight is 380 g/mol. The van der Waals surface area contributed by atoms with Gasteiger partial charge in [-0.05, 0) is 80.7 Å². The van der Waals surface area contributed by atoms with Gasteiger partial charge in [0, 0.05) is 12.3 Å². The maximum absolute atomic E-state index is 12.2. The number of amides is 1. The van der Waals surface area contributed by atoms with E-state index in [1.165, 1.54) is 23.1 Å². The van der Waals surface area contributed by atoms with Crippen LogP contribution in [0.2, 0.25) is 0 Å². The van der Waals surface area contributed by atoms with Crippen molar-refractivity contribution in [1.82, 2.24) is 0 Å². The van der Waals surface area contributed by atoms with Crippen molar-refractivity contribution < 1.29 is 14.3 Å². The highest BCUT2D eigenvalue weighted by Crippen LogP contribution is 2.49. The smallest absolute Gasteiger partial charge is 0.412 e. The Morgan fingerprint density at radius 2 is 1.93 bits per heavy atom. The highest BCUT2D eigenvalue weighted by atomic mass is 16.6. The van der Waals surface area contributed by atoms with E-state index in [-0.39, 0.29) is 6.10 Å². The Balaban J connectivity index is 1.61. The molecule has 0 spiro atoms. The lowest BCUT2D eigenvalue weighted by atomic mass is 9.68. The van der Waals surface area contributed by atoms with Gasteiger partial charge in [0.1, 0.15) is 5.60 Å². The second-order valence-electron chi connectivity index (χ2n) is 8.86. The molecular weight excluding hydrogens is 350 g/mol. The van der Waals surface area contributed by atoms with Crippen LogP contribution in [-0.2, 0) is 15.9 Å². The van der Waals surface area contributed by atoms with Gasteiger partial charge in [0.15, 0.2) is 0 Å². The molecular formula is C24H29NO3. The Morgan fingerprint density at radius 1 is 1.14 bits per heavy atom. The average Bonchev–Trinajstić information content (AvgIpc) is 2.66. The first-order chi connectivity index (χ1) is 13.4. The molecule has 2 aliphatic rings. The van der Waals surface area contributed by atoms with Gasteiger partial charge in [-0.15, -0.1) is 0 Å². The van der Waals surface area contributed by atoms with Crippen LogP contribution in [0.4, 0.5) is 10.5 Å². The Labute approximate surface area is 167 Å². The number of fused-ring (bicyclic) bond motifs is 3. The summed E-state index contributed by atoms with van der Waals surface area (Å²) in [7, 11) is 0. The molecule has 148 valence electrons. The van der Waals surface area contributed by atoms with Crippen molar-refractivity contribution in [3.63, 3.8) is 0 Å². The summed E-state index contributed by atoms with van der Waals surface area (Å²) in [5.41, 5.74) is 4.17. The van der Waals surface area contributed by atoms with Crippen LogP contribution < -0.4 is 5.32 Å². The molecule has 1 aliphatic heterocycles. The highest BCUT2D eigenvalue weighted by Gasteiger charge is 2.39. The van der Waals surface area contributed by atoms with Crippen molar-refractivity contribution in [2.45, 2.75) is 57.7 Å². The molecule has 4 heteroatoms. The van der Waals surface area contributed by atoms with E-state index in [0.29, 0.717) is 11.8 Å². The molecule has 1 fully saturated rings. The quantitative estimate of drug-likeness (QED) is 0.713. The van der Waals surface area contributed by atoms with Gasteiger partial charge in [-0.1, -0.05) is 36.4 Å². The minimum atomic E-state index is -0.515. The number of benzene rings is 2. The first-order valence-corrected chi connectivity index (χ1v) is 10.2. The molecule has 2 aromatic rings. The summed E-state index contributed by atoms with van der Waals surface area (Å²) in [5, 5.41) is 2.87. The molecule has 4 rings (SSSR count). The molecule has 4 nitrogen and oxygen atoms in total. The van der Waals surface area contributed by atoms with Crippen LogP contribution >= 0.6 is 0 Å². The SMILES string of the molecule is CC(C)(C)OC(=O)Nc1ccc2c(c1)[C@H]1OCCC[C@H]1[C@@H](c1ccccc1)C2. The van der Waals surface area contributed by atoms with Crippen LogP contribution in [0.3, 0.4) is 0 Å². The van der Waals surface area contributed by atoms with Crippen LogP contribution in [-0.4, -0.2) is 18.3 Å². The summed E-state index contributed by atoms with van der Waals surface area (Å²) in [6, 6.07) is 17.0. The lowest BCUT2D eigenvalue weighted by Gasteiger charge is -2.42. The molecule has 3 atom stereocenters. The highest BCUT2D eigenvalue weighted by molar-refractivity contribution is 5.85. The van der Waals surface area contributed by atoms with Gasteiger partial charge in [0.25, 0.3) is 0 Å². The lowest BCUT2D eigenvalue weighted by Crippen LogP contribution is -2.33. The van der Waals surface area contributed by atoms with Crippen molar-refractivity contribution in [3.05, 3.63) is 65.2 Å². The first-order valence-electron chi connectivity index (χ1n) is 10.2. The summed E-state index contributed by atoms with van der Waals surface area (Å²) in [4.78, 5) is 12.2. The van der Waals surface area contributed by atoms with Crippen molar-refractivity contribution in [1.29, 1.82) is 0 Å². The van der Waals surface area contributed by atoms with Crippen LogP contribution in [0, 0.1) is 5.92 Å². The van der Waals surface area contributed by atoms with Gasteiger partial charge in [-0.2, -0.15) is 0 Å². The van der Waals surface area contributed by atoms with E-state index >= 15 is 0 Å². The van der Waals surface area contributed by atoms with E-state index in [2.05, 4.69) is 47.8 Å². The third-order valence-electron chi connectivity index (χ3n) is 5.65. The van der Waals surface area contributed by atoms with Crippen molar-refractivity contribution in [2.24, 2.45) is 5.92 Å². The molecule has 28 heavy (non-hydrogen) atoms. The maximum atomic E-state index is 12.2. The fourth-order valence-corrected chi connectivity index (χ4v) is 4.54. The van der Waals surface area contributed by atoms with Crippen LogP contribution in [0.25, 0.3) is 0 Å². The van der Waals surface area contributed by atoms with E-state index in [4.69, 9.17) is 9.47 Å². The van der Waals surface area contributed by atoms with E-state index in [9.17, 15) is 4.79 Å². The van der Waals surface area contributed by atoms with E-state index < -0.39 is 11.7 Å². The summed E-state index contributed by atoms with van der Waals surface area (Å²) in [6.45, 7) is 6.39. The minimum absolute atomic E-state index is 0.0862. The van der Waals surface area contributed by atoms with Crippen LogP contribution in [0.1, 0.15) is 62.3 Å². The second kappa shape index (κ2) is 7.59. The number of hydrogen-bond acceptors (Lipinski definition) is 3. The molecule has 1 amide bonds. The molecule has 0 aromatic heterocycles. The van der Waals surface area contributed by atoms with Gasteiger partial charge >= 0.3 is 6.09 Å². The molecule has 1 heterocycles. The molecule has 1 N–H and O–H groups in total. The second-order valence-corrected chi connectivity index (χ2v) is 8.86. The molecule has 0 bridgehead atoms. The van der Waals surface area contributed by atoms with Gasteiger partial charge in [-0.25, -0.2) is 4.79 Å². The monoisotopic (exact) mass is 379 g/mol. The number of carbonyl (C=O) groups excluding carboxylic acids is 1. The van der Waals surface area contributed by atoms with Gasteiger partial charge in [-0.3, -0.25) is 5.32 Å². The Hall–Kier alpha value is -2.33. The zero-order valence-corrected chi connectivity index (χ0v) is 16.9. The van der Waals surface area contributed by atoms with Gasteiger partial charge in [0.2, 0.25) is 0 Å². The topological polar surface area (TPSA) is 47.6 Å². The molecule has 1 saturated heterocycles. The number of hydrogen-bond donors (Lipinski definition) is 1. The molecule has 0 saturated carbocycles. The van der Waals surface area contributed by atoms with Gasteiger partial charge < -0.3 is 9.47 Å². The molecule has 2 aromatic carbocycles. The molecule has 0 unspecified atom stereocenters. The molecule has 1 aliphatic carbocycles. The summed E-state index contributed by atoms with van der Waals surface area (Å²) in [5.74, 6) is 0.948. The number of rotatable bonds is 2. The lowest BCUT2D eigenvalue weighted by molar-refractivity contribution is -0.0438. The summed E-state index contributed by atoms with van der Waals surface area (Å²) in [6.07, 6.45) is 2.95. The van der Waals surface area contributed by atoms with Crippen LogP contribution in [0.15, 0.2) is 48.5 Å². The molecule has 0 radical (unpaired) electrons. The van der Waals surface area contributed by atoms with E-state index in [0.717, 1.165) is 25.1 Å². The van der Waals surface area contributed by atoms with E-state index in [1.54, 1.807) is 0 Å². The number of carbonyl (C=O) groups is 1. The Morgan fingerprint density at radius 3 is 2.68 bits per heavy atom. The fourth-order valence-electron chi connectivity index (χ4n) is 4.54. The van der Waals surface area contributed by atoms with Crippen molar-refractivity contribution in [2.75, 3.05) is 11.9 Å². The zero-order chi connectivity index (χ0) is 19.7. The Kier molecular flexibility index (Phi) is 5.15. The number of anilines is 1. The minimum Gasteiger partial charge on any atom is -0.444 e. The number of nitrogens with one attached hydrogen (secondary N) is 1. The third-order valence-corrected chi connectivity index (χ3v) is 5.65. The van der Waals surface area contributed by atoms with Crippen molar-refractivity contribution >= 4 is 11.8 Å².